The molecular formula is C44H66P2Pt+2. The smallest absolute Gasteiger partial charge is 0.0571 e. The zero-order chi connectivity index (χ0) is 34.7. The van der Waals surface area contributed by atoms with E-state index >= 15 is 0 Å². The molecule has 0 N–H and O–H groups in total. The van der Waals surface area contributed by atoms with Crippen LogP contribution in [0.5, 0.6) is 0 Å². The van der Waals surface area contributed by atoms with Gasteiger partial charge in [-0.15, -0.1) is 12.8 Å². The monoisotopic (exact) mass is 851 g/mol. The largest absolute Gasteiger partial charge is 0.115 e. The van der Waals surface area contributed by atoms with Crippen molar-refractivity contribution in [3.8, 4) is 36.5 Å². The molecule has 0 heterocycles. The molecule has 3 heteroatoms. The van der Waals surface area contributed by atoms with Crippen LogP contribution in [0.15, 0.2) is 48.5 Å². The first kappa shape index (κ1) is 49.6. The van der Waals surface area contributed by atoms with E-state index in [0.29, 0.717) is 0 Å². The molecule has 0 spiro atoms. The molecule has 2 radical (unpaired) electrons. The van der Waals surface area contributed by atoms with Crippen molar-refractivity contribution in [3.63, 3.8) is 0 Å². The molecule has 260 valence electrons. The van der Waals surface area contributed by atoms with Crippen LogP contribution in [0.3, 0.4) is 0 Å². The SMILES string of the molecule is CCCC[PH+](CCCC)CCCC.CCCC[PH+](CCCC)CCCC.[C]#Cc1ccc(C#C)cc1.[C]#Cc1ccc(C#C)cc1.[Pt]. The van der Waals surface area contributed by atoms with Gasteiger partial charge in [-0.2, -0.15) is 0 Å². The van der Waals surface area contributed by atoms with Crippen molar-refractivity contribution >= 4 is 15.8 Å². The second-order valence-corrected chi connectivity index (χ2v) is 17.8. The maximum absolute atomic E-state index is 6.77. The number of benzene rings is 2. The summed E-state index contributed by atoms with van der Waals surface area (Å²) < 4.78 is 0. The maximum atomic E-state index is 6.77. The minimum Gasteiger partial charge on any atom is -0.115 e. The number of hydrogen-bond donors (Lipinski definition) is 0. The van der Waals surface area contributed by atoms with Gasteiger partial charge in [0.25, 0.3) is 0 Å². The quantitative estimate of drug-likeness (QED) is 0.104. The molecule has 47 heavy (non-hydrogen) atoms. The maximum Gasteiger partial charge on any atom is 0.0571 e. The third-order valence-corrected chi connectivity index (χ3v) is 14.1. The molecule has 2 aromatic rings. The van der Waals surface area contributed by atoms with Crippen LogP contribution in [0.4, 0.5) is 0 Å². The fourth-order valence-electron chi connectivity index (χ4n) is 4.61. The Hall–Kier alpha value is -1.77. The van der Waals surface area contributed by atoms with Gasteiger partial charge in [-0.05, 0) is 99.9 Å². The van der Waals surface area contributed by atoms with Crippen molar-refractivity contribution in [3.05, 3.63) is 83.6 Å². The summed E-state index contributed by atoms with van der Waals surface area (Å²) in [7, 11) is 0.135. The van der Waals surface area contributed by atoms with Gasteiger partial charge < -0.3 is 0 Å². The topological polar surface area (TPSA) is 0 Å². The van der Waals surface area contributed by atoms with E-state index in [2.05, 4.69) is 65.2 Å². The van der Waals surface area contributed by atoms with Gasteiger partial charge in [-0.3, -0.25) is 0 Å². The predicted octanol–water partition coefficient (Wildman–Crippen LogP) is 12.4. The van der Waals surface area contributed by atoms with Gasteiger partial charge in [-0.25, -0.2) is 0 Å². The molecule has 0 bridgehead atoms. The van der Waals surface area contributed by atoms with E-state index < -0.39 is 0 Å². The van der Waals surface area contributed by atoms with Crippen molar-refractivity contribution in [2.45, 2.75) is 119 Å². The van der Waals surface area contributed by atoms with E-state index in [4.69, 9.17) is 25.7 Å². The third kappa shape index (κ3) is 31.3. The van der Waals surface area contributed by atoms with E-state index in [-0.39, 0.29) is 36.9 Å². The Kier molecular flexibility index (Phi) is 40.8. The molecule has 0 nitrogen and oxygen atoms in total. The van der Waals surface area contributed by atoms with Crippen LogP contribution in [-0.4, -0.2) is 37.0 Å². The van der Waals surface area contributed by atoms with Gasteiger partial charge >= 0.3 is 0 Å². The molecule has 0 aliphatic carbocycles. The van der Waals surface area contributed by atoms with Gasteiger partial charge in [0.2, 0.25) is 0 Å². The van der Waals surface area contributed by atoms with Crippen LogP contribution in [-0.2, 0) is 21.1 Å². The Bertz CT molecular complexity index is 911. The van der Waals surface area contributed by atoms with Crippen molar-refractivity contribution in [2.24, 2.45) is 0 Å². The Morgan fingerprint density at radius 1 is 0.426 bits per heavy atom. The second-order valence-electron chi connectivity index (χ2n) is 11.8. The van der Waals surface area contributed by atoms with Gasteiger partial charge in [0.05, 0.1) is 37.0 Å². The first-order valence-electron chi connectivity index (χ1n) is 18.1. The molecule has 2 aromatic carbocycles. The van der Waals surface area contributed by atoms with Gasteiger partial charge in [0.15, 0.2) is 0 Å². The van der Waals surface area contributed by atoms with E-state index in [9.17, 15) is 0 Å². The summed E-state index contributed by atoms with van der Waals surface area (Å²) in [6.45, 7) is 13.9. The van der Waals surface area contributed by atoms with E-state index in [1.807, 2.05) is 0 Å². The Morgan fingerprint density at radius 3 is 0.766 bits per heavy atom. The minimum absolute atomic E-state index is 0. The third-order valence-electron chi connectivity index (χ3n) is 7.70. The van der Waals surface area contributed by atoms with Crippen molar-refractivity contribution in [1.29, 1.82) is 0 Å². The van der Waals surface area contributed by atoms with E-state index in [0.717, 1.165) is 22.3 Å². The molecule has 0 saturated heterocycles. The standard InChI is InChI=1S/2C12H27P.2C10H5.Pt/c2*1-4-7-10-13(11-8-5-2)12-9-6-3;2*1-3-9-5-7-10(4-2)8-6-9;/h2*4-12H2,1-3H3;2*1,5-8H;/p+2. The summed E-state index contributed by atoms with van der Waals surface area (Å²) in [5.74, 6) is 9.50. The number of rotatable bonds is 18. The van der Waals surface area contributed by atoms with Crippen LogP contribution in [0.1, 0.15) is 141 Å². The van der Waals surface area contributed by atoms with Crippen molar-refractivity contribution in [1.82, 2.24) is 0 Å². The van der Waals surface area contributed by atoms with Crippen molar-refractivity contribution < 1.29 is 21.1 Å². The van der Waals surface area contributed by atoms with Crippen LogP contribution >= 0.6 is 15.8 Å². The fraction of sp³-hybridized carbons (Fsp3) is 0.545. The van der Waals surface area contributed by atoms with Crippen LogP contribution in [0, 0.1) is 49.4 Å². The molecule has 0 amide bonds. The normalized spacial score (nSPS) is 9.45. The summed E-state index contributed by atoms with van der Waals surface area (Å²) in [5.41, 5.74) is 3.16. The predicted molar refractivity (Wildman–Crippen MR) is 216 cm³/mol. The summed E-state index contributed by atoms with van der Waals surface area (Å²) in [5, 5.41) is 0. The summed E-state index contributed by atoms with van der Waals surface area (Å²) in [4.78, 5) is 0. The molecular weight excluding hydrogens is 786 g/mol. The Morgan fingerprint density at radius 2 is 0.617 bits per heavy atom. The molecule has 0 saturated carbocycles. The second kappa shape index (κ2) is 38.7. The Balaban J connectivity index is -0.000000548. The molecule has 2 rings (SSSR count). The molecule has 0 fully saturated rings. The van der Waals surface area contributed by atoms with Crippen LogP contribution in [0.2, 0.25) is 0 Å². The minimum atomic E-state index is 0. The summed E-state index contributed by atoms with van der Waals surface area (Å²) in [6, 6.07) is 14.2. The first-order valence-corrected chi connectivity index (χ1v) is 22.3. The molecule has 0 unspecified atom stereocenters. The van der Waals surface area contributed by atoms with Crippen LogP contribution in [0.25, 0.3) is 0 Å². The van der Waals surface area contributed by atoms with Crippen molar-refractivity contribution in [2.75, 3.05) is 37.0 Å². The zero-order valence-corrected chi connectivity index (χ0v) is 35.1. The summed E-state index contributed by atoms with van der Waals surface area (Å²) >= 11 is 0. The number of hydrogen-bond acceptors (Lipinski definition) is 0. The fourth-order valence-corrected chi connectivity index (χ4v) is 11.2. The van der Waals surface area contributed by atoms with Gasteiger partial charge in [0.1, 0.15) is 0 Å². The van der Waals surface area contributed by atoms with Crippen LogP contribution < -0.4 is 0 Å². The van der Waals surface area contributed by atoms with E-state index in [1.165, 1.54) is 77.0 Å². The van der Waals surface area contributed by atoms with E-state index in [1.54, 1.807) is 85.5 Å². The van der Waals surface area contributed by atoms with Gasteiger partial charge in [-0.1, -0.05) is 104 Å². The number of terminal acetylenes is 2. The first-order chi connectivity index (χ1) is 22.4. The number of unbranched alkanes of at least 4 members (excludes halogenated alkanes) is 6. The molecule has 0 aromatic heterocycles. The van der Waals surface area contributed by atoms with Gasteiger partial charge in [0, 0.05) is 59.2 Å². The Labute approximate surface area is 311 Å². The zero-order valence-electron chi connectivity index (χ0n) is 30.8. The molecule has 0 atom stereocenters. The molecule has 0 aliphatic heterocycles. The molecule has 0 aliphatic rings. The average molecular weight is 852 g/mol. The summed E-state index contributed by atoms with van der Waals surface area (Å²) in [6.07, 6.45) is 50.6. The average Bonchev–Trinajstić information content (AvgIpc) is 3.11.